The van der Waals surface area contributed by atoms with Crippen LogP contribution in [-0.2, 0) is 17.8 Å². The zero-order valence-corrected chi connectivity index (χ0v) is 19.1. The second kappa shape index (κ2) is 9.50. The Balaban J connectivity index is 1.47. The number of nitrogens with one attached hydrogen (secondary N) is 2. The molecular weight excluding hydrogens is 455 g/mol. The molecule has 1 amide bonds. The molecule has 0 fully saturated rings. The third-order valence-electron chi connectivity index (χ3n) is 5.39. The van der Waals surface area contributed by atoms with E-state index in [-0.39, 0.29) is 17.6 Å². The molecule has 4 aromatic heterocycles. The molecule has 1 aromatic carbocycles. The number of aromatic amines is 1. The molecule has 5 rings (SSSR count). The van der Waals surface area contributed by atoms with Crippen LogP contribution >= 0.6 is 0 Å². The molecule has 11 nitrogen and oxygen atoms in total. The van der Waals surface area contributed by atoms with E-state index in [0.717, 1.165) is 5.39 Å². The van der Waals surface area contributed by atoms with Crippen molar-refractivity contribution in [3.8, 4) is 17.1 Å². The van der Waals surface area contributed by atoms with Gasteiger partial charge in [0, 0.05) is 31.1 Å². The maximum absolute atomic E-state index is 14.1. The molecule has 5 aromatic rings. The minimum Gasteiger partial charge on any atom is -0.406 e. The van der Waals surface area contributed by atoms with Crippen LogP contribution in [0.3, 0.4) is 0 Å². The van der Waals surface area contributed by atoms with Crippen molar-refractivity contribution in [2.45, 2.75) is 26.1 Å². The monoisotopic (exact) mass is 478 g/mol. The number of hydrogen-bond acceptors (Lipinski definition) is 7. The second-order valence-corrected chi connectivity index (χ2v) is 8.00. The predicted octanol–water partition coefficient (Wildman–Crippen LogP) is 3.13. The Labute approximate surface area is 198 Å². The minimum absolute atomic E-state index is 0.225. The van der Waals surface area contributed by atoms with Gasteiger partial charge in [-0.2, -0.15) is 10.2 Å². The Morgan fingerprint density at radius 2 is 2.20 bits per heavy atom. The van der Waals surface area contributed by atoms with Crippen molar-refractivity contribution in [1.82, 2.24) is 39.8 Å². The topological polar surface area (TPSA) is 125 Å². The van der Waals surface area contributed by atoms with Gasteiger partial charge in [0.2, 0.25) is 0 Å². The fraction of sp³-hybridized carbons (Fsp3) is 0.261. The second-order valence-electron chi connectivity index (χ2n) is 8.00. The molecule has 0 radical (unpaired) electrons. The fourth-order valence-corrected chi connectivity index (χ4v) is 3.82. The van der Waals surface area contributed by atoms with Gasteiger partial charge in [0.1, 0.15) is 17.2 Å². The summed E-state index contributed by atoms with van der Waals surface area (Å²) in [5, 5.41) is 12.3. The molecule has 0 spiro atoms. The molecule has 1 atom stereocenters. The number of aromatic nitrogens is 7. The van der Waals surface area contributed by atoms with Crippen LogP contribution in [0.1, 0.15) is 6.92 Å². The zero-order valence-electron chi connectivity index (χ0n) is 19.1. The summed E-state index contributed by atoms with van der Waals surface area (Å²) in [6.07, 6.45) is 6.02. The molecule has 2 N–H and O–H groups in total. The van der Waals surface area contributed by atoms with E-state index in [2.05, 4.69) is 25.4 Å². The summed E-state index contributed by atoms with van der Waals surface area (Å²) >= 11 is 0. The molecule has 0 saturated carbocycles. The lowest BCUT2D eigenvalue weighted by Gasteiger charge is -2.12. The number of aryl methyl sites for hydroxylation is 2. The molecule has 0 unspecified atom stereocenters. The van der Waals surface area contributed by atoms with E-state index in [1.165, 1.54) is 18.3 Å². The van der Waals surface area contributed by atoms with Gasteiger partial charge in [-0.1, -0.05) is 0 Å². The summed E-state index contributed by atoms with van der Waals surface area (Å²) in [5.74, 6) is -0.134. The Bertz CT molecular complexity index is 1480. The van der Waals surface area contributed by atoms with E-state index in [0.29, 0.717) is 47.8 Å². The number of benzene rings is 1. The fourth-order valence-electron chi connectivity index (χ4n) is 3.82. The molecule has 4 heterocycles. The maximum atomic E-state index is 14.1. The van der Waals surface area contributed by atoms with Gasteiger partial charge in [-0.15, -0.1) is 0 Å². The molecule has 0 saturated heterocycles. The van der Waals surface area contributed by atoms with Gasteiger partial charge in [0.15, 0.2) is 16.9 Å². The van der Waals surface area contributed by atoms with E-state index < -0.39 is 6.09 Å². The van der Waals surface area contributed by atoms with Gasteiger partial charge < -0.3 is 19.8 Å². The summed E-state index contributed by atoms with van der Waals surface area (Å²) in [6, 6.07) is 6.11. The van der Waals surface area contributed by atoms with E-state index in [1.807, 2.05) is 12.3 Å². The van der Waals surface area contributed by atoms with E-state index in [1.54, 1.807) is 41.9 Å². The Kier molecular flexibility index (Phi) is 6.10. The van der Waals surface area contributed by atoms with Crippen LogP contribution < -0.4 is 10.1 Å². The average Bonchev–Trinajstić information content (AvgIpc) is 3.57. The Morgan fingerprint density at radius 1 is 1.31 bits per heavy atom. The summed E-state index contributed by atoms with van der Waals surface area (Å²) in [6.45, 7) is 3.20. The normalized spacial score (nSPS) is 12.3. The summed E-state index contributed by atoms with van der Waals surface area (Å²) in [5.41, 5.74) is 2.46. The number of carbonyl (C=O) groups is 1. The first-order valence-corrected chi connectivity index (χ1v) is 11.0. The Morgan fingerprint density at radius 3 is 3.00 bits per heavy atom. The number of methoxy groups -OCH3 is 1. The van der Waals surface area contributed by atoms with E-state index >= 15 is 0 Å². The van der Waals surface area contributed by atoms with Crippen LogP contribution in [0.15, 0.2) is 49.1 Å². The zero-order chi connectivity index (χ0) is 24.4. The van der Waals surface area contributed by atoms with Crippen molar-refractivity contribution < 1.29 is 18.7 Å². The minimum atomic E-state index is -0.633. The van der Waals surface area contributed by atoms with Crippen LogP contribution in [0.4, 0.5) is 9.18 Å². The van der Waals surface area contributed by atoms with Gasteiger partial charge in [-0.25, -0.2) is 19.2 Å². The quantitative estimate of drug-likeness (QED) is 0.351. The number of ether oxygens (including phenoxy) is 2. The lowest BCUT2D eigenvalue weighted by Crippen LogP contribution is -2.37. The SMILES string of the molecule is COC[C@H](C)NC(=O)Oc1c[nH]c2ncc(-c3nn(CCn4cccn4)c4cc(F)ccc34)nc12. The lowest BCUT2D eigenvalue weighted by atomic mass is 10.1. The van der Waals surface area contributed by atoms with Crippen LogP contribution in [0, 0.1) is 5.82 Å². The van der Waals surface area contributed by atoms with Gasteiger partial charge >= 0.3 is 6.09 Å². The summed E-state index contributed by atoms with van der Waals surface area (Å²) in [7, 11) is 1.55. The van der Waals surface area contributed by atoms with Crippen molar-refractivity contribution in [2.24, 2.45) is 0 Å². The van der Waals surface area contributed by atoms with Crippen molar-refractivity contribution >= 4 is 28.2 Å². The molecular formula is C23H23FN8O3. The molecule has 35 heavy (non-hydrogen) atoms. The molecule has 180 valence electrons. The number of hydrogen-bond donors (Lipinski definition) is 2. The summed E-state index contributed by atoms with van der Waals surface area (Å²) in [4.78, 5) is 24.3. The van der Waals surface area contributed by atoms with Gasteiger partial charge in [0.25, 0.3) is 0 Å². The van der Waals surface area contributed by atoms with E-state index in [9.17, 15) is 9.18 Å². The molecule has 0 bridgehead atoms. The highest BCUT2D eigenvalue weighted by Gasteiger charge is 2.19. The molecule has 0 aliphatic heterocycles. The average molecular weight is 478 g/mol. The number of carbonyl (C=O) groups excluding carboxylic acids is 1. The van der Waals surface area contributed by atoms with Gasteiger partial charge in [-0.05, 0) is 31.2 Å². The highest BCUT2D eigenvalue weighted by atomic mass is 19.1. The highest BCUT2D eigenvalue weighted by molar-refractivity contribution is 5.93. The van der Waals surface area contributed by atoms with Crippen LogP contribution in [-0.4, -0.2) is 60.4 Å². The number of nitrogens with zero attached hydrogens (tertiary/aromatic N) is 6. The van der Waals surface area contributed by atoms with Crippen molar-refractivity contribution in [3.05, 3.63) is 54.9 Å². The van der Waals surface area contributed by atoms with Crippen molar-refractivity contribution in [2.75, 3.05) is 13.7 Å². The third-order valence-corrected chi connectivity index (χ3v) is 5.39. The van der Waals surface area contributed by atoms with Gasteiger partial charge in [0.05, 0.1) is 37.5 Å². The number of halogens is 1. The van der Waals surface area contributed by atoms with Crippen molar-refractivity contribution in [1.29, 1.82) is 0 Å². The van der Waals surface area contributed by atoms with Crippen LogP contribution in [0.5, 0.6) is 5.75 Å². The molecule has 0 aliphatic rings. The largest absolute Gasteiger partial charge is 0.413 e. The number of rotatable bonds is 8. The highest BCUT2D eigenvalue weighted by Crippen LogP contribution is 2.30. The number of amides is 1. The van der Waals surface area contributed by atoms with E-state index in [4.69, 9.17) is 14.6 Å². The smallest absolute Gasteiger partial charge is 0.406 e. The summed E-state index contributed by atoms with van der Waals surface area (Å²) < 4.78 is 28.0. The molecule has 12 heteroatoms. The van der Waals surface area contributed by atoms with Gasteiger partial charge in [-0.3, -0.25) is 9.36 Å². The third kappa shape index (κ3) is 4.68. The first kappa shape index (κ1) is 22.5. The standard InChI is InChI=1S/C23H23FN8O3/c1-14(13-34-2)28-23(33)35-19-12-26-22-21(19)29-17(11-25-22)20-16-5-4-15(24)10-18(16)32(30-20)9-8-31-7-3-6-27-31/h3-7,10-12,14H,8-9,13H2,1-2H3,(H,25,26)(H,28,33)/t14-/m0/s1. The number of fused-ring (bicyclic) bond motifs is 2. The predicted molar refractivity (Wildman–Crippen MR) is 125 cm³/mol. The maximum Gasteiger partial charge on any atom is 0.413 e. The van der Waals surface area contributed by atoms with Crippen LogP contribution in [0.2, 0.25) is 0 Å². The first-order valence-electron chi connectivity index (χ1n) is 11.0. The first-order chi connectivity index (χ1) is 17.0. The lowest BCUT2D eigenvalue weighted by molar-refractivity contribution is 0.159. The Hall–Kier alpha value is -4.32. The van der Waals surface area contributed by atoms with Crippen molar-refractivity contribution in [3.63, 3.8) is 0 Å². The molecule has 0 aliphatic carbocycles. The number of H-pyrrole nitrogens is 1. The van der Waals surface area contributed by atoms with Crippen LogP contribution in [0.25, 0.3) is 33.5 Å².